The summed E-state index contributed by atoms with van der Waals surface area (Å²) in [5.74, 6) is -0.712. The van der Waals surface area contributed by atoms with E-state index in [-0.39, 0.29) is 0 Å². The van der Waals surface area contributed by atoms with E-state index < -0.39 is 23.5 Å². The van der Waals surface area contributed by atoms with Gasteiger partial charge in [-0.25, -0.2) is 4.98 Å². The number of aromatic nitrogens is 2. The highest BCUT2D eigenvalue weighted by molar-refractivity contribution is 5.50. The molecule has 2 atom stereocenters. The lowest BCUT2D eigenvalue weighted by molar-refractivity contribution is -0.151. The number of hydrogen-bond donors (Lipinski definition) is 1. The van der Waals surface area contributed by atoms with Gasteiger partial charge in [-0.05, 0) is 30.5 Å². The largest absolute Gasteiger partial charge is 0.384 e. The van der Waals surface area contributed by atoms with E-state index in [1.807, 2.05) is 38.2 Å². The summed E-state index contributed by atoms with van der Waals surface area (Å²) in [6, 6.07) is 31.2. The van der Waals surface area contributed by atoms with Crippen LogP contribution in [0.4, 0.5) is 0 Å². The molecule has 5 heteroatoms. The van der Waals surface area contributed by atoms with Gasteiger partial charge in [-0.15, -0.1) is 0 Å². The Bertz CT molecular complexity index is 1090. The number of aliphatic hydroxyl groups is 1. The summed E-state index contributed by atoms with van der Waals surface area (Å²) >= 11 is 0. The Morgan fingerprint density at radius 3 is 1.79 bits per heavy atom. The van der Waals surface area contributed by atoms with Crippen molar-refractivity contribution >= 4 is 0 Å². The van der Waals surface area contributed by atoms with Crippen LogP contribution < -0.4 is 0 Å². The molecule has 0 bridgehead atoms. The highest BCUT2D eigenvalue weighted by atomic mass is 16.7. The number of imidazole rings is 1. The summed E-state index contributed by atoms with van der Waals surface area (Å²) in [7, 11) is 0. The Hall–Kier alpha value is -3.25. The third-order valence-corrected chi connectivity index (χ3v) is 6.25. The molecular formula is C28H28N2O3. The molecule has 1 saturated heterocycles. The van der Waals surface area contributed by atoms with Crippen molar-refractivity contribution in [3.05, 3.63) is 126 Å². The van der Waals surface area contributed by atoms with Crippen LogP contribution in [0.1, 0.15) is 42.3 Å². The second-order valence-corrected chi connectivity index (χ2v) is 8.83. The van der Waals surface area contributed by atoms with Gasteiger partial charge in [-0.3, -0.25) is 0 Å². The lowest BCUT2D eigenvalue weighted by atomic mass is 9.77. The number of aliphatic hydroxyl groups excluding tert-OH is 1. The van der Waals surface area contributed by atoms with Gasteiger partial charge in [0.2, 0.25) is 0 Å². The fourth-order valence-corrected chi connectivity index (χ4v) is 4.72. The summed E-state index contributed by atoms with van der Waals surface area (Å²) in [5, 5.41) is 11.1. The molecule has 0 unspecified atom stereocenters. The van der Waals surface area contributed by atoms with E-state index in [1.165, 1.54) is 0 Å². The van der Waals surface area contributed by atoms with Gasteiger partial charge in [0.25, 0.3) is 0 Å². The minimum atomic E-state index is -0.895. The third kappa shape index (κ3) is 3.89. The molecule has 0 spiro atoms. The van der Waals surface area contributed by atoms with Gasteiger partial charge in [0.15, 0.2) is 5.79 Å². The maximum absolute atomic E-state index is 11.1. The third-order valence-electron chi connectivity index (χ3n) is 6.25. The SMILES string of the molecule is CC1(C)OC[C@H]([C@@H](O)c2cn(C(c3ccccc3)(c3ccccc3)c3ccccc3)cn2)O1. The van der Waals surface area contributed by atoms with Crippen LogP contribution in [0, 0.1) is 0 Å². The first-order valence-electron chi connectivity index (χ1n) is 11.2. The Morgan fingerprint density at radius 2 is 1.36 bits per heavy atom. The van der Waals surface area contributed by atoms with Crippen LogP contribution in [-0.4, -0.2) is 33.2 Å². The number of ether oxygens (including phenoxy) is 2. The van der Waals surface area contributed by atoms with E-state index in [4.69, 9.17) is 9.47 Å². The average Bonchev–Trinajstić information content (AvgIpc) is 3.48. The Morgan fingerprint density at radius 1 is 0.879 bits per heavy atom. The van der Waals surface area contributed by atoms with Crippen molar-refractivity contribution in [3.8, 4) is 0 Å². The second kappa shape index (κ2) is 8.60. The molecule has 33 heavy (non-hydrogen) atoms. The maximum atomic E-state index is 11.1. The number of hydrogen-bond acceptors (Lipinski definition) is 4. The highest BCUT2D eigenvalue weighted by Gasteiger charge is 2.41. The van der Waals surface area contributed by atoms with Crippen LogP contribution in [0.25, 0.3) is 0 Å². The quantitative estimate of drug-likeness (QED) is 0.433. The van der Waals surface area contributed by atoms with Crippen molar-refractivity contribution in [2.24, 2.45) is 0 Å². The van der Waals surface area contributed by atoms with Gasteiger partial charge in [-0.1, -0.05) is 91.0 Å². The van der Waals surface area contributed by atoms with Gasteiger partial charge >= 0.3 is 0 Å². The molecule has 0 saturated carbocycles. The van der Waals surface area contributed by atoms with Crippen molar-refractivity contribution in [3.63, 3.8) is 0 Å². The fourth-order valence-electron chi connectivity index (χ4n) is 4.72. The first kappa shape index (κ1) is 21.6. The van der Waals surface area contributed by atoms with E-state index in [1.54, 1.807) is 6.33 Å². The van der Waals surface area contributed by atoms with Gasteiger partial charge < -0.3 is 19.1 Å². The highest BCUT2D eigenvalue weighted by Crippen LogP contribution is 2.41. The molecule has 1 aliphatic rings. The summed E-state index contributed by atoms with van der Waals surface area (Å²) < 4.78 is 13.6. The monoisotopic (exact) mass is 440 g/mol. The number of nitrogens with zero attached hydrogens (tertiary/aromatic N) is 2. The topological polar surface area (TPSA) is 56.5 Å². The molecular weight excluding hydrogens is 412 g/mol. The normalized spacial score (nSPS) is 18.8. The van der Waals surface area contributed by atoms with E-state index in [0.29, 0.717) is 12.3 Å². The number of benzene rings is 3. The molecule has 0 aliphatic carbocycles. The lowest BCUT2D eigenvalue weighted by Gasteiger charge is -2.37. The van der Waals surface area contributed by atoms with Gasteiger partial charge in [-0.2, -0.15) is 0 Å². The van der Waals surface area contributed by atoms with Crippen LogP contribution in [0.2, 0.25) is 0 Å². The van der Waals surface area contributed by atoms with E-state index in [2.05, 4.69) is 82.3 Å². The zero-order valence-electron chi connectivity index (χ0n) is 18.8. The van der Waals surface area contributed by atoms with Crippen LogP contribution in [0.5, 0.6) is 0 Å². The molecule has 1 aromatic heterocycles. The van der Waals surface area contributed by atoms with Crippen LogP contribution in [0.3, 0.4) is 0 Å². The molecule has 1 N–H and O–H groups in total. The van der Waals surface area contributed by atoms with Crippen molar-refractivity contribution in [2.75, 3.05) is 6.61 Å². The molecule has 1 aliphatic heterocycles. The summed E-state index contributed by atoms with van der Waals surface area (Å²) in [5.41, 5.74) is 3.18. The molecule has 5 rings (SSSR count). The lowest BCUT2D eigenvalue weighted by Crippen LogP contribution is -2.37. The first-order valence-corrected chi connectivity index (χ1v) is 11.2. The molecule has 2 heterocycles. The molecule has 3 aromatic carbocycles. The van der Waals surface area contributed by atoms with Gasteiger partial charge in [0.1, 0.15) is 17.7 Å². The maximum Gasteiger partial charge on any atom is 0.163 e. The summed E-state index contributed by atoms with van der Waals surface area (Å²) in [6.45, 7) is 4.02. The predicted molar refractivity (Wildman–Crippen MR) is 127 cm³/mol. The Kier molecular flexibility index (Phi) is 5.62. The molecule has 168 valence electrons. The Labute approximate surface area is 194 Å². The molecule has 0 radical (unpaired) electrons. The predicted octanol–water partition coefficient (Wildman–Crippen LogP) is 4.91. The van der Waals surface area contributed by atoms with E-state index in [0.717, 1.165) is 16.7 Å². The Balaban J connectivity index is 1.68. The number of rotatable bonds is 6. The van der Waals surface area contributed by atoms with Crippen molar-refractivity contribution in [1.29, 1.82) is 0 Å². The van der Waals surface area contributed by atoms with Crippen LogP contribution in [0.15, 0.2) is 104 Å². The molecule has 1 fully saturated rings. The van der Waals surface area contributed by atoms with Crippen LogP contribution >= 0.6 is 0 Å². The standard InChI is InChI=1S/C28H28N2O3/c1-27(2)32-19-25(33-27)26(31)24-18-30(20-29-24)28(21-12-6-3-7-13-21,22-14-8-4-9-15-22)23-16-10-5-11-17-23/h3-18,20,25-26,31H,19H2,1-2H3/t25-,26+/m1/s1. The van der Waals surface area contributed by atoms with Crippen LogP contribution in [-0.2, 0) is 15.0 Å². The minimum absolute atomic E-state index is 0.322. The fraction of sp³-hybridized carbons (Fsp3) is 0.250. The van der Waals surface area contributed by atoms with E-state index >= 15 is 0 Å². The zero-order valence-corrected chi connectivity index (χ0v) is 18.8. The summed E-state index contributed by atoms with van der Waals surface area (Å²) in [4.78, 5) is 4.63. The zero-order chi connectivity index (χ0) is 22.9. The van der Waals surface area contributed by atoms with Gasteiger partial charge in [0, 0.05) is 6.20 Å². The molecule has 5 nitrogen and oxygen atoms in total. The van der Waals surface area contributed by atoms with Crippen molar-refractivity contribution in [2.45, 2.75) is 37.4 Å². The minimum Gasteiger partial charge on any atom is -0.384 e. The summed E-state index contributed by atoms with van der Waals surface area (Å²) in [6.07, 6.45) is 2.36. The van der Waals surface area contributed by atoms with E-state index in [9.17, 15) is 5.11 Å². The average molecular weight is 441 g/mol. The van der Waals surface area contributed by atoms with Gasteiger partial charge in [0.05, 0.1) is 18.6 Å². The molecule has 0 amide bonds. The van der Waals surface area contributed by atoms with Crippen molar-refractivity contribution < 1.29 is 14.6 Å². The first-order chi connectivity index (χ1) is 16.0. The second-order valence-electron chi connectivity index (χ2n) is 8.83. The smallest absolute Gasteiger partial charge is 0.163 e. The molecule has 4 aromatic rings. The van der Waals surface area contributed by atoms with Crippen molar-refractivity contribution in [1.82, 2.24) is 9.55 Å².